The van der Waals surface area contributed by atoms with Gasteiger partial charge in [-0.3, -0.25) is 9.59 Å². The largest absolute Gasteiger partial charge is 0.484 e. The van der Waals surface area contributed by atoms with Crippen LogP contribution in [-0.4, -0.2) is 18.3 Å². The quantitative estimate of drug-likeness (QED) is 0.831. The molecule has 22 heavy (non-hydrogen) atoms. The minimum absolute atomic E-state index is 0.0000917. The van der Waals surface area contributed by atoms with Crippen LogP contribution in [0.1, 0.15) is 29.8 Å². The van der Waals surface area contributed by atoms with Crippen molar-refractivity contribution >= 4 is 17.4 Å². The molecule has 0 saturated carbocycles. The maximum absolute atomic E-state index is 11.9. The molecule has 4 nitrogen and oxygen atoms in total. The third-order valence-electron chi connectivity index (χ3n) is 3.25. The second kappa shape index (κ2) is 7.41. The second-order valence-electron chi connectivity index (χ2n) is 4.97. The monoisotopic (exact) mass is 297 g/mol. The fourth-order valence-corrected chi connectivity index (χ4v) is 2.00. The predicted molar refractivity (Wildman–Crippen MR) is 86.4 cm³/mol. The van der Waals surface area contributed by atoms with Crippen LogP contribution < -0.4 is 10.1 Å². The number of nitrogens with one attached hydrogen (secondary N) is 1. The van der Waals surface area contributed by atoms with Gasteiger partial charge >= 0.3 is 0 Å². The first-order valence-corrected chi connectivity index (χ1v) is 7.21. The van der Waals surface area contributed by atoms with E-state index < -0.39 is 0 Å². The lowest BCUT2D eigenvalue weighted by atomic mass is 10.1. The van der Waals surface area contributed by atoms with Gasteiger partial charge in [0, 0.05) is 11.3 Å². The van der Waals surface area contributed by atoms with Gasteiger partial charge in [0.05, 0.1) is 0 Å². The Labute approximate surface area is 130 Å². The van der Waals surface area contributed by atoms with Crippen molar-refractivity contribution in [2.45, 2.75) is 20.3 Å². The van der Waals surface area contributed by atoms with Gasteiger partial charge in [-0.25, -0.2) is 0 Å². The average Bonchev–Trinajstić information content (AvgIpc) is 2.53. The highest BCUT2D eigenvalue weighted by molar-refractivity contribution is 5.94. The van der Waals surface area contributed by atoms with E-state index in [-0.39, 0.29) is 18.3 Å². The highest BCUT2D eigenvalue weighted by Crippen LogP contribution is 2.14. The molecule has 1 amide bonds. The van der Waals surface area contributed by atoms with Crippen LogP contribution in [0.3, 0.4) is 0 Å². The van der Waals surface area contributed by atoms with Gasteiger partial charge in [-0.1, -0.05) is 19.1 Å². The summed E-state index contributed by atoms with van der Waals surface area (Å²) < 4.78 is 5.41. The van der Waals surface area contributed by atoms with E-state index in [9.17, 15) is 9.59 Å². The van der Waals surface area contributed by atoms with Crippen LogP contribution in [-0.2, 0) is 11.2 Å². The molecule has 0 heterocycles. The van der Waals surface area contributed by atoms with Gasteiger partial charge in [0.2, 0.25) is 0 Å². The predicted octanol–water partition coefficient (Wildman–Crippen LogP) is 3.47. The lowest BCUT2D eigenvalue weighted by Gasteiger charge is -2.08. The zero-order chi connectivity index (χ0) is 15.9. The SMILES string of the molecule is CCc1cccc(NC(=O)COc2ccc(C(C)=O)cc2)c1. The normalized spacial score (nSPS) is 10.1. The molecular formula is C18H19NO3. The van der Waals surface area contributed by atoms with Gasteiger partial charge in [0.1, 0.15) is 5.75 Å². The molecule has 0 aromatic heterocycles. The first-order chi connectivity index (χ1) is 10.6. The summed E-state index contributed by atoms with van der Waals surface area (Å²) in [5.41, 5.74) is 2.55. The van der Waals surface area contributed by atoms with Crippen molar-refractivity contribution in [1.29, 1.82) is 0 Å². The van der Waals surface area contributed by atoms with E-state index >= 15 is 0 Å². The van der Waals surface area contributed by atoms with Crippen molar-refractivity contribution in [3.8, 4) is 5.75 Å². The lowest BCUT2D eigenvalue weighted by molar-refractivity contribution is -0.118. The molecule has 0 aliphatic rings. The van der Waals surface area contributed by atoms with E-state index in [2.05, 4.69) is 12.2 Å². The summed E-state index contributed by atoms with van der Waals surface area (Å²) in [5.74, 6) is 0.339. The van der Waals surface area contributed by atoms with Crippen molar-refractivity contribution < 1.29 is 14.3 Å². The number of ketones is 1. The molecule has 0 radical (unpaired) electrons. The molecule has 114 valence electrons. The van der Waals surface area contributed by atoms with E-state index in [1.54, 1.807) is 24.3 Å². The number of benzene rings is 2. The summed E-state index contributed by atoms with van der Waals surface area (Å²) in [6.45, 7) is 3.50. The lowest BCUT2D eigenvalue weighted by Crippen LogP contribution is -2.20. The molecule has 2 rings (SSSR count). The molecule has 0 unspecified atom stereocenters. The van der Waals surface area contributed by atoms with Gasteiger partial charge in [0.15, 0.2) is 12.4 Å². The Morgan fingerprint density at radius 1 is 1.09 bits per heavy atom. The highest BCUT2D eigenvalue weighted by atomic mass is 16.5. The minimum Gasteiger partial charge on any atom is -0.484 e. The van der Waals surface area contributed by atoms with Gasteiger partial charge in [-0.05, 0) is 55.3 Å². The zero-order valence-corrected chi connectivity index (χ0v) is 12.8. The molecular weight excluding hydrogens is 278 g/mol. The molecule has 2 aromatic rings. The number of aryl methyl sites for hydroxylation is 1. The standard InChI is InChI=1S/C18H19NO3/c1-3-14-5-4-6-16(11-14)19-18(21)12-22-17-9-7-15(8-10-17)13(2)20/h4-11H,3,12H2,1-2H3,(H,19,21). The van der Waals surface area contributed by atoms with E-state index in [4.69, 9.17) is 4.74 Å². The Kier molecular flexibility index (Phi) is 5.31. The van der Waals surface area contributed by atoms with Crippen LogP contribution >= 0.6 is 0 Å². The van der Waals surface area contributed by atoms with Crippen molar-refractivity contribution in [3.63, 3.8) is 0 Å². The molecule has 0 bridgehead atoms. The van der Waals surface area contributed by atoms with Crippen LogP contribution in [0.5, 0.6) is 5.75 Å². The zero-order valence-electron chi connectivity index (χ0n) is 12.8. The summed E-state index contributed by atoms with van der Waals surface area (Å²) in [6, 6.07) is 14.4. The molecule has 0 spiro atoms. The number of ether oxygens (including phenoxy) is 1. The Bertz CT molecular complexity index is 662. The Morgan fingerprint density at radius 3 is 2.45 bits per heavy atom. The van der Waals surface area contributed by atoms with Crippen molar-refractivity contribution in [1.82, 2.24) is 0 Å². The van der Waals surface area contributed by atoms with Crippen molar-refractivity contribution in [3.05, 3.63) is 59.7 Å². The Morgan fingerprint density at radius 2 is 1.82 bits per heavy atom. The van der Waals surface area contributed by atoms with Gasteiger partial charge in [-0.15, -0.1) is 0 Å². The van der Waals surface area contributed by atoms with Crippen molar-refractivity contribution in [2.75, 3.05) is 11.9 Å². The van der Waals surface area contributed by atoms with Crippen LogP contribution in [0.15, 0.2) is 48.5 Å². The molecule has 0 fully saturated rings. The van der Waals surface area contributed by atoms with Gasteiger partial charge in [-0.2, -0.15) is 0 Å². The topological polar surface area (TPSA) is 55.4 Å². The number of amides is 1. The van der Waals surface area contributed by atoms with Gasteiger partial charge < -0.3 is 10.1 Å². The highest BCUT2D eigenvalue weighted by Gasteiger charge is 2.05. The summed E-state index contributed by atoms with van der Waals surface area (Å²) in [6.07, 6.45) is 0.919. The molecule has 0 atom stereocenters. The number of rotatable bonds is 6. The third-order valence-corrected chi connectivity index (χ3v) is 3.25. The first-order valence-electron chi connectivity index (χ1n) is 7.21. The maximum atomic E-state index is 11.9. The number of hydrogen-bond acceptors (Lipinski definition) is 3. The summed E-state index contributed by atoms with van der Waals surface area (Å²) in [7, 11) is 0. The first kappa shape index (κ1) is 15.8. The second-order valence-corrected chi connectivity index (χ2v) is 4.97. The average molecular weight is 297 g/mol. The number of Topliss-reactive ketones (excluding diaryl/α,β-unsaturated/α-hetero) is 1. The Balaban J connectivity index is 1.88. The summed E-state index contributed by atoms with van der Waals surface area (Å²) in [5, 5.41) is 2.80. The third kappa shape index (κ3) is 4.45. The molecule has 2 aromatic carbocycles. The van der Waals surface area contributed by atoms with E-state index in [0.29, 0.717) is 11.3 Å². The van der Waals surface area contributed by atoms with Crippen LogP contribution in [0, 0.1) is 0 Å². The van der Waals surface area contributed by atoms with Crippen molar-refractivity contribution in [2.24, 2.45) is 0 Å². The molecule has 0 aliphatic carbocycles. The maximum Gasteiger partial charge on any atom is 0.262 e. The van der Waals surface area contributed by atoms with Crippen LogP contribution in [0.2, 0.25) is 0 Å². The number of carbonyl (C=O) groups is 2. The smallest absolute Gasteiger partial charge is 0.262 e. The van der Waals surface area contributed by atoms with Crippen LogP contribution in [0.4, 0.5) is 5.69 Å². The van der Waals surface area contributed by atoms with Crippen LogP contribution in [0.25, 0.3) is 0 Å². The van der Waals surface area contributed by atoms with E-state index in [1.807, 2.05) is 24.3 Å². The number of carbonyl (C=O) groups excluding carboxylic acids is 2. The molecule has 1 N–H and O–H groups in total. The number of hydrogen-bond donors (Lipinski definition) is 1. The summed E-state index contributed by atoms with van der Waals surface area (Å²) >= 11 is 0. The fourth-order valence-electron chi connectivity index (χ4n) is 2.00. The van der Waals surface area contributed by atoms with E-state index in [0.717, 1.165) is 12.1 Å². The fraction of sp³-hybridized carbons (Fsp3) is 0.222. The Hall–Kier alpha value is -2.62. The van der Waals surface area contributed by atoms with E-state index in [1.165, 1.54) is 12.5 Å². The molecule has 4 heteroatoms. The summed E-state index contributed by atoms with van der Waals surface area (Å²) in [4.78, 5) is 23.0. The number of anilines is 1. The molecule has 0 saturated heterocycles. The molecule has 0 aliphatic heterocycles. The minimum atomic E-state index is -0.219. The van der Waals surface area contributed by atoms with Gasteiger partial charge in [0.25, 0.3) is 5.91 Å².